The molecule has 0 aliphatic carbocycles. The van der Waals surface area contributed by atoms with Crippen molar-refractivity contribution in [3.63, 3.8) is 0 Å². The fourth-order valence-electron chi connectivity index (χ4n) is 1.54. The Morgan fingerprint density at radius 3 is 2.29 bits per heavy atom. The summed E-state index contributed by atoms with van der Waals surface area (Å²) in [6.07, 6.45) is 1.08. The first kappa shape index (κ1) is 13.4. The molecule has 17 heavy (non-hydrogen) atoms. The Kier molecular flexibility index (Phi) is 4.88. The third-order valence-corrected chi connectivity index (χ3v) is 2.91. The highest BCUT2D eigenvalue weighted by molar-refractivity contribution is 5.99. The number of carbonyl (C=O) groups is 2. The zero-order valence-electron chi connectivity index (χ0n) is 10.6. The standard InChI is InChI=1S/C14H19NO2/c1-4-10(2)12-5-7-13(8-6-12)14(17)9-15-11(3)16/h5-8,10H,4,9H2,1-3H3,(H,15,16). The fourth-order valence-corrected chi connectivity index (χ4v) is 1.54. The summed E-state index contributed by atoms with van der Waals surface area (Å²) in [5, 5.41) is 2.50. The zero-order chi connectivity index (χ0) is 12.8. The molecule has 1 unspecified atom stereocenters. The normalized spacial score (nSPS) is 11.9. The van der Waals surface area contributed by atoms with Crippen molar-refractivity contribution in [1.29, 1.82) is 0 Å². The maximum atomic E-state index is 11.7. The summed E-state index contributed by atoms with van der Waals surface area (Å²) in [7, 11) is 0. The second kappa shape index (κ2) is 6.18. The predicted molar refractivity (Wildman–Crippen MR) is 68.2 cm³/mol. The molecule has 0 radical (unpaired) electrons. The molecule has 1 aromatic carbocycles. The second-order valence-electron chi connectivity index (χ2n) is 4.26. The molecule has 0 heterocycles. The highest BCUT2D eigenvalue weighted by Crippen LogP contribution is 2.18. The van der Waals surface area contributed by atoms with Gasteiger partial charge in [0.05, 0.1) is 6.54 Å². The lowest BCUT2D eigenvalue weighted by molar-refractivity contribution is -0.118. The number of nitrogens with one attached hydrogen (secondary N) is 1. The first-order valence-electron chi connectivity index (χ1n) is 5.92. The topological polar surface area (TPSA) is 46.2 Å². The van der Waals surface area contributed by atoms with E-state index in [2.05, 4.69) is 19.2 Å². The summed E-state index contributed by atoms with van der Waals surface area (Å²) in [6, 6.07) is 7.61. The summed E-state index contributed by atoms with van der Waals surface area (Å²) < 4.78 is 0. The molecule has 1 aromatic rings. The van der Waals surface area contributed by atoms with Crippen LogP contribution in [-0.4, -0.2) is 18.2 Å². The Hall–Kier alpha value is -1.64. The van der Waals surface area contributed by atoms with Gasteiger partial charge in [-0.05, 0) is 17.9 Å². The minimum Gasteiger partial charge on any atom is -0.349 e. The maximum absolute atomic E-state index is 11.7. The van der Waals surface area contributed by atoms with Crippen LogP contribution in [0.25, 0.3) is 0 Å². The monoisotopic (exact) mass is 233 g/mol. The van der Waals surface area contributed by atoms with Gasteiger partial charge in [0.25, 0.3) is 0 Å². The Labute approximate surface area is 102 Å². The van der Waals surface area contributed by atoms with Gasteiger partial charge >= 0.3 is 0 Å². The molecule has 0 aromatic heterocycles. The molecular formula is C14H19NO2. The molecule has 1 amide bonds. The lowest BCUT2D eigenvalue weighted by Crippen LogP contribution is -2.27. The molecule has 0 spiro atoms. The Balaban J connectivity index is 2.67. The van der Waals surface area contributed by atoms with Crippen molar-refractivity contribution in [2.45, 2.75) is 33.1 Å². The molecule has 1 rings (SSSR count). The van der Waals surface area contributed by atoms with Crippen molar-refractivity contribution in [1.82, 2.24) is 5.32 Å². The quantitative estimate of drug-likeness (QED) is 0.794. The number of carbonyl (C=O) groups excluding carboxylic acids is 2. The first-order valence-corrected chi connectivity index (χ1v) is 5.92. The molecule has 3 nitrogen and oxygen atoms in total. The molecule has 1 atom stereocenters. The molecule has 3 heteroatoms. The summed E-state index contributed by atoms with van der Waals surface area (Å²) in [6.45, 7) is 5.77. The second-order valence-corrected chi connectivity index (χ2v) is 4.26. The van der Waals surface area contributed by atoms with E-state index in [4.69, 9.17) is 0 Å². The van der Waals surface area contributed by atoms with Crippen molar-refractivity contribution in [2.75, 3.05) is 6.54 Å². The zero-order valence-corrected chi connectivity index (χ0v) is 10.6. The van der Waals surface area contributed by atoms with E-state index >= 15 is 0 Å². The van der Waals surface area contributed by atoms with Crippen LogP contribution in [0.2, 0.25) is 0 Å². The van der Waals surface area contributed by atoms with Gasteiger partial charge in [0, 0.05) is 12.5 Å². The SMILES string of the molecule is CCC(C)c1ccc(C(=O)CNC(C)=O)cc1. The lowest BCUT2D eigenvalue weighted by Gasteiger charge is -2.09. The van der Waals surface area contributed by atoms with E-state index in [-0.39, 0.29) is 18.2 Å². The average Bonchev–Trinajstić information content (AvgIpc) is 2.35. The number of hydrogen-bond donors (Lipinski definition) is 1. The molecule has 0 saturated carbocycles. The third kappa shape index (κ3) is 4.02. The maximum Gasteiger partial charge on any atom is 0.217 e. The van der Waals surface area contributed by atoms with Crippen molar-refractivity contribution < 1.29 is 9.59 Å². The van der Waals surface area contributed by atoms with Gasteiger partial charge in [-0.25, -0.2) is 0 Å². The molecule has 1 N–H and O–H groups in total. The molecule has 0 bridgehead atoms. The number of Topliss-reactive ketones (excluding diaryl/α,β-unsaturated/α-hetero) is 1. The van der Waals surface area contributed by atoms with Crippen LogP contribution >= 0.6 is 0 Å². The molecule has 0 saturated heterocycles. The molecular weight excluding hydrogens is 214 g/mol. The van der Waals surface area contributed by atoms with Crippen LogP contribution in [0.4, 0.5) is 0 Å². The van der Waals surface area contributed by atoms with Crippen molar-refractivity contribution >= 4 is 11.7 Å². The molecule has 0 aliphatic heterocycles. The van der Waals surface area contributed by atoms with Crippen LogP contribution in [0.3, 0.4) is 0 Å². The molecule has 0 fully saturated rings. The van der Waals surface area contributed by atoms with Crippen LogP contribution in [0.5, 0.6) is 0 Å². The Bertz CT molecular complexity index is 395. The van der Waals surface area contributed by atoms with E-state index in [1.807, 2.05) is 24.3 Å². The highest BCUT2D eigenvalue weighted by atomic mass is 16.2. The summed E-state index contributed by atoms with van der Waals surface area (Å²) in [5.41, 5.74) is 1.88. The van der Waals surface area contributed by atoms with E-state index in [1.54, 1.807) is 0 Å². The largest absolute Gasteiger partial charge is 0.349 e. The Morgan fingerprint density at radius 2 is 1.82 bits per heavy atom. The van der Waals surface area contributed by atoms with Crippen LogP contribution < -0.4 is 5.32 Å². The summed E-state index contributed by atoms with van der Waals surface area (Å²) >= 11 is 0. The molecule has 92 valence electrons. The van der Waals surface area contributed by atoms with Crippen LogP contribution in [-0.2, 0) is 4.79 Å². The van der Waals surface area contributed by atoms with Gasteiger partial charge in [0.15, 0.2) is 5.78 Å². The average molecular weight is 233 g/mol. The lowest BCUT2D eigenvalue weighted by atomic mass is 9.97. The third-order valence-electron chi connectivity index (χ3n) is 2.91. The van der Waals surface area contributed by atoms with Crippen LogP contribution in [0.15, 0.2) is 24.3 Å². The summed E-state index contributed by atoms with van der Waals surface area (Å²) in [4.78, 5) is 22.4. The van der Waals surface area contributed by atoms with E-state index < -0.39 is 0 Å². The predicted octanol–water partition coefficient (Wildman–Crippen LogP) is 2.52. The van der Waals surface area contributed by atoms with Crippen LogP contribution in [0.1, 0.15) is 49.0 Å². The minimum absolute atomic E-state index is 0.0594. The minimum atomic E-state index is -0.186. The van der Waals surface area contributed by atoms with E-state index in [9.17, 15) is 9.59 Å². The number of rotatable bonds is 5. The number of benzene rings is 1. The van der Waals surface area contributed by atoms with Gasteiger partial charge in [-0.2, -0.15) is 0 Å². The molecule has 0 aliphatic rings. The van der Waals surface area contributed by atoms with Crippen molar-refractivity contribution in [2.24, 2.45) is 0 Å². The van der Waals surface area contributed by atoms with E-state index in [1.165, 1.54) is 12.5 Å². The van der Waals surface area contributed by atoms with E-state index in [0.29, 0.717) is 11.5 Å². The number of ketones is 1. The fraction of sp³-hybridized carbons (Fsp3) is 0.429. The number of hydrogen-bond acceptors (Lipinski definition) is 2. The van der Waals surface area contributed by atoms with Gasteiger partial charge in [0.1, 0.15) is 0 Å². The van der Waals surface area contributed by atoms with E-state index in [0.717, 1.165) is 6.42 Å². The van der Waals surface area contributed by atoms with Gasteiger partial charge in [0.2, 0.25) is 5.91 Å². The smallest absolute Gasteiger partial charge is 0.217 e. The first-order chi connectivity index (χ1) is 8.04. The Morgan fingerprint density at radius 1 is 1.24 bits per heavy atom. The van der Waals surface area contributed by atoms with Crippen LogP contribution in [0, 0.1) is 0 Å². The van der Waals surface area contributed by atoms with Crippen molar-refractivity contribution in [3.8, 4) is 0 Å². The van der Waals surface area contributed by atoms with Gasteiger partial charge in [-0.3, -0.25) is 9.59 Å². The van der Waals surface area contributed by atoms with Crippen molar-refractivity contribution in [3.05, 3.63) is 35.4 Å². The highest BCUT2D eigenvalue weighted by Gasteiger charge is 2.07. The van der Waals surface area contributed by atoms with Gasteiger partial charge < -0.3 is 5.32 Å². The number of amides is 1. The summed E-state index contributed by atoms with van der Waals surface area (Å²) in [5.74, 6) is 0.264. The van der Waals surface area contributed by atoms with Gasteiger partial charge in [-0.15, -0.1) is 0 Å². The van der Waals surface area contributed by atoms with Gasteiger partial charge in [-0.1, -0.05) is 38.1 Å².